The van der Waals surface area contributed by atoms with Crippen LogP contribution < -0.4 is 15.4 Å². The van der Waals surface area contributed by atoms with E-state index < -0.39 is 0 Å². The summed E-state index contributed by atoms with van der Waals surface area (Å²) in [7, 11) is 3.15. The number of carbonyl (C=O) groups is 1. The Bertz CT molecular complexity index is 412. The zero-order valence-corrected chi connectivity index (χ0v) is 11.5. The number of amides is 1. The lowest BCUT2D eigenvalue weighted by atomic mass is 10.4. The quantitative estimate of drug-likeness (QED) is 0.662. The monoisotopic (exact) mass is 268 g/mol. The number of hydrogen-bond acceptors (Lipinski definition) is 6. The van der Waals surface area contributed by atoms with Crippen LogP contribution >= 0.6 is 0 Å². The summed E-state index contributed by atoms with van der Waals surface area (Å²) in [5.41, 5.74) is 0. The van der Waals surface area contributed by atoms with Gasteiger partial charge in [0.2, 0.25) is 11.8 Å². The summed E-state index contributed by atoms with van der Waals surface area (Å²) in [5.74, 6) is 1.74. The molecule has 2 N–H and O–H groups in total. The van der Waals surface area contributed by atoms with Gasteiger partial charge in [0, 0.05) is 32.7 Å². The number of nitrogens with one attached hydrogen (secondary N) is 2. The Labute approximate surface area is 112 Å². The molecule has 0 aliphatic heterocycles. The van der Waals surface area contributed by atoms with Crippen LogP contribution in [-0.2, 0) is 9.53 Å². The van der Waals surface area contributed by atoms with Gasteiger partial charge in [-0.2, -0.15) is 4.98 Å². The first-order valence-corrected chi connectivity index (χ1v) is 6.05. The van der Waals surface area contributed by atoms with Gasteiger partial charge in [-0.1, -0.05) is 0 Å². The highest BCUT2D eigenvalue weighted by molar-refractivity contribution is 5.76. The number of aromatic nitrogens is 2. The number of ether oxygens (including phenoxy) is 2. The molecule has 0 aliphatic rings. The van der Waals surface area contributed by atoms with Crippen molar-refractivity contribution in [1.82, 2.24) is 15.3 Å². The molecule has 0 atom stereocenters. The van der Waals surface area contributed by atoms with Crippen molar-refractivity contribution in [2.75, 3.05) is 39.2 Å². The predicted molar refractivity (Wildman–Crippen MR) is 71.3 cm³/mol. The summed E-state index contributed by atoms with van der Waals surface area (Å²) in [4.78, 5) is 19.7. The summed E-state index contributed by atoms with van der Waals surface area (Å²) in [6.45, 7) is 3.32. The molecule has 0 radical (unpaired) electrons. The van der Waals surface area contributed by atoms with E-state index >= 15 is 0 Å². The smallest absolute Gasteiger partial charge is 0.221 e. The van der Waals surface area contributed by atoms with E-state index in [1.165, 1.54) is 0 Å². The highest BCUT2D eigenvalue weighted by Gasteiger charge is 2.03. The van der Waals surface area contributed by atoms with Gasteiger partial charge in [0.25, 0.3) is 0 Å². The largest absolute Gasteiger partial charge is 0.481 e. The highest BCUT2D eigenvalue weighted by Crippen LogP contribution is 2.12. The van der Waals surface area contributed by atoms with Crippen molar-refractivity contribution in [1.29, 1.82) is 0 Å². The number of hydrogen-bond donors (Lipinski definition) is 2. The van der Waals surface area contributed by atoms with Gasteiger partial charge in [-0.05, 0) is 6.92 Å². The molecule has 0 spiro atoms. The average molecular weight is 268 g/mol. The van der Waals surface area contributed by atoms with Gasteiger partial charge in [0.05, 0.1) is 13.7 Å². The fraction of sp³-hybridized carbons (Fsp3) is 0.583. The molecular weight excluding hydrogens is 248 g/mol. The minimum atomic E-state index is -0.0257. The standard InChI is InChI=1S/C12H20N4O3/c1-9-15-10(8-12(16-9)19-3)13-5-4-11(17)14-6-7-18-2/h8H,4-7H2,1-3H3,(H,14,17)(H,13,15,16). The molecule has 0 bridgehead atoms. The van der Waals surface area contributed by atoms with Crippen molar-refractivity contribution in [2.24, 2.45) is 0 Å². The normalized spacial score (nSPS) is 10.1. The molecule has 106 valence electrons. The predicted octanol–water partition coefficient (Wildman–Crippen LogP) is 0.358. The summed E-state index contributed by atoms with van der Waals surface area (Å²) in [6, 6.07) is 1.69. The molecule has 0 unspecified atom stereocenters. The van der Waals surface area contributed by atoms with Crippen LogP contribution in [0, 0.1) is 6.92 Å². The minimum absolute atomic E-state index is 0.0257. The molecule has 1 aromatic rings. The van der Waals surface area contributed by atoms with Gasteiger partial charge in [0.1, 0.15) is 11.6 Å². The average Bonchev–Trinajstić information content (AvgIpc) is 2.38. The van der Waals surface area contributed by atoms with Crippen LogP contribution in [0.15, 0.2) is 6.07 Å². The van der Waals surface area contributed by atoms with Gasteiger partial charge in [-0.15, -0.1) is 0 Å². The lowest BCUT2D eigenvalue weighted by Gasteiger charge is -2.08. The van der Waals surface area contributed by atoms with Crippen molar-refractivity contribution >= 4 is 11.7 Å². The van der Waals surface area contributed by atoms with Gasteiger partial charge < -0.3 is 20.1 Å². The van der Waals surface area contributed by atoms with Crippen LogP contribution in [0.25, 0.3) is 0 Å². The zero-order valence-electron chi connectivity index (χ0n) is 11.5. The number of carbonyl (C=O) groups excluding carboxylic acids is 1. The minimum Gasteiger partial charge on any atom is -0.481 e. The van der Waals surface area contributed by atoms with E-state index in [2.05, 4.69) is 20.6 Å². The van der Waals surface area contributed by atoms with Gasteiger partial charge in [-0.3, -0.25) is 4.79 Å². The lowest BCUT2D eigenvalue weighted by Crippen LogP contribution is -2.28. The number of methoxy groups -OCH3 is 2. The zero-order chi connectivity index (χ0) is 14.1. The van der Waals surface area contributed by atoms with Crippen molar-refractivity contribution in [3.8, 4) is 5.88 Å². The molecule has 0 fully saturated rings. The molecule has 1 amide bonds. The molecule has 7 nitrogen and oxygen atoms in total. The molecule has 0 saturated heterocycles. The lowest BCUT2D eigenvalue weighted by molar-refractivity contribution is -0.121. The Balaban J connectivity index is 2.32. The third kappa shape index (κ3) is 6.01. The Morgan fingerprint density at radius 3 is 2.79 bits per heavy atom. The van der Waals surface area contributed by atoms with Crippen LogP contribution in [0.4, 0.5) is 5.82 Å². The molecule has 1 rings (SSSR count). The van der Waals surface area contributed by atoms with E-state index in [4.69, 9.17) is 9.47 Å². The Morgan fingerprint density at radius 2 is 2.11 bits per heavy atom. The number of aryl methyl sites for hydroxylation is 1. The van der Waals surface area contributed by atoms with Crippen molar-refractivity contribution < 1.29 is 14.3 Å². The maximum Gasteiger partial charge on any atom is 0.221 e. The maximum absolute atomic E-state index is 11.4. The van der Waals surface area contributed by atoms with E-state index in [1.807, 2.05) is 0 Å². The molecule has 19 heavy (non-hydrogen) atoms. The van der Waals surface area contributed by atoms with E-state index in [-0.39, 0.29) is 5.91 Å². The Hall–Kier alpha value is -1.89. The topological polar surface area (TPSA) is 85.4 Å². The number of anilines is 1. The first-order chi connectivity index (χ1) is 9.15. The first-order valence-electron chi connectivity index (χ1n) is 6.05. The van der Waals surface area contributed by atoms with E-state index in [9.17, 15) is 4.79 Å². The van der Waals surface area contributed by atoms with Crippen LogP contribution in [-0.4, -0.2) is 49.8 Å². The Morgan fingerprint density at radius 1 is 1.32 bits per heavy atom. The second kappa shape index (κ2) is 8.25. The fourth-order valence-corrected chi connectivity index (χ4v) is 1.42. The summed E-state index contributed by atoms with van der Waals surface area (Å²) < 4.78 is 9.89. The molecule has 1 aromatic heterocycles. The van der Waals surface area contributed by atoms with Crippen LogP contribution in [0.2, 0.25) is 0 Å². The van der Waals surface area contributed by atoms with Crippen molar-refractivity contribution in [3.05, 3.63) is 11.9 Å². The summed E-state index contributed by atoms with van der Waals surface area (Å²) >= 11 is 0. The summed E-state index contributed by atoms with van der Waals surface area (Å²) in [6.07, 6.45) is 0.370. The Kier molecular flexibility index (Phi) is 6.59. The molecular formula is C12H20N4O3. The van der Waals surface area contributed by atoms with Crippen molar-refractivity contribution in [2.45, 2.75) is 13.3 Å². The number of rotatable bonds is 8. The van der Waals surface area contributed by atoms with Gasteiger partial charge in [0.15, 0.2) is 0 Å². The third-order valence-electron chi connectivity index (χ3n) is 2.31. The van der Waals surface area contributed by atoms with E-state index in [1.54, 1.807) is 27.2 Å². The third-order valence-corrected chi connectivity index (χ3v) is 2.31. The van der Waals surface area contributed by atoms with Gasteiger partial charge >= 0.3 is 0 Å². The highest BCUT2D eigenvalue weighted by atomic mass is 16.5. The van der Waals surface area contributed by atoms with E-state index in [0.29, 0.717) is 43.6 Å². The SMILES string of the molecule is COCCNC(=O)CCNc1cc(OC)nc(C)n1. The van der Waals surface area contributed by atoms with E-state index in [0.717, 1.165) is 0 Å². The van der Waals surface area contributed by atoms with Gasteiger partial charge in [-0.25, -0.2) is 4.98 Å². The molecule has 7 heteroatoms. The fourth-order valence-electron chi connectivity index (χ4n) is 1.42. The second-order valence-corrected chi connectivity index (χ2v) is 3.86. The maximum atomic E-state index is 11.4. The molecule has 0 saturated carbocycles. The molecule has 0 aliphatic carbocycles. The second-order valence-electron chi connectivity index (χ2n) is 3.86. The van der Waals surface area contributed by atoms with Crippen LogP contribution in [0.3, 0.4) is 0 Å². The number of nitrogens with zero attached hydrogens (tertiary/aromatic N) is 2. The molecule has 0 aromatic carbocycles. The van der Waals surface area contributed by atoms with Crippen LogP contribution in [0.1, 0.15) is 12.2 Å². The summed E-state index contributed by atoms with van der Waals surface area (Å²) in [5, 5.41) is 5.80. The first kappa shape index (κ1) is 15.2. The van der Waals surface area contributed by atoms with Crippen molar-refractivity contribution in [3.63, 3.8) is 0 Å². The van der Waals surface area contributed by atoms with Crippen LogP contribution in [0.5, 0.6) is 5.88 Å². The molecule has 1 heterocycles.